The second-order valence-electron chi connectivity index (χ2n) is 6.60. The molecule has 2 aliphatic rings. The van der Waals surface area contributed by atoms with Crippen molar-refractivity contribution in [2.45, 2.75) is 20.3 Å². The van der Waals surface area contributed by atoms with E-state index >= 15 is 0 Å². The van der Waals surface area contributed by atoms with E-state index in [4.69, 9.17) is 11.6 Å². The number of halogens is 1. The molecule has 0 saturated carbocycles. The molecule has 0 bridgehead atoms. The standard InChI is InChI=1S/C18H24ClN3O2/c1-3-20-6-8-21(9-7-20)18(24)14-10-17(23)22(12-14)15-5-4-13(2)16(19)11-15/h4-5,11,14H,3,6-10,12H2,1-2H3/t14-/m0/s1. The maximum Gasteiger partial charge on any atom is 0.228 e. The molecule has 0 spiro atoms. The highest BCUT2D eigenvalue weighted by atomic mass is 35.5. The van der Waals surface area contributed by atoms with Crippen LogP contribution in [0.4, 0.5) is 5.69 Å². The van der Waals surface area contributed by atoms with E-state index < -0.39 is 0 Å². The van der Waals surface area contributed by atoms with Gasteiger partial charge >= 0.3 is 0 Å². The molecule has 0 radical (unpaired) electrons. The molecule has 1 aromatic carbocycles. The lowest BCUT2D eigenvalue weighted by molar-refractivity contribution is -0.137. The predicted octanol–water partition coefficient (Wildman–Crippen LogP) is 2.17. The number of rotatable bonds is 3. The number of piperazine rings is 1. The number of anilines is 1. The number of carbonyl (C=O) groups excluding carboxylic acids is 2. The summed E-state index contributed by atoms with van der Waals surface area (Å²) in [7, 11) is 0. The van der Waals surface area contributed by atoms with Crippen LogP contribution in [0.2, 0.25) is 5.02 Å². The fourth-order valence-electron chi connectivity index (χ4n) is 3.41. The number of hydrogen-bond acceptors (Lipinski definition) is 3. The van der Waals surface area contributed by atoms with Gasteiger partial charge in [-0.1, -0.05) is 24.6 Å². The summed E-state index contributed by atoms with van der Waals surface area (Å²) < 4.78 is 0. The number of carbonyl (C=O) groups is 2. The van der Waals surface area contributed by atoms with E-state index in [2.05, 4.69) is 11.8 Å². The van der Waals surface area contributed by atoms with E-state index in [1.165, 1.54) is 0 Å². The van der Waals surface area contributed by atoms with Crippen molar-refractivity contribution in [3.8, 4) is 0 Å². The monoisotopic (exact) mass is 349 g/mol. The predicted molar refractivity (Wildman–Crippen MR) is 95.3 cm³/mol. The molecule has 3 rings (SSSR count). The number of amides is 2. The van der Waals surface area contributed by atoms with Crippen molar-refractivity contribution in [1.82, 2.24) is 9.80 Å². The molecule has 2 aliphatic heterocycles. The molecular formula is C18H24ClN3O2. The van der Waals surface area contributed by atoms with Crippen molar-refractivity contribution < 1.29 is 9.59 Å². The van der Waals surface area contributed by atoms with Gasteiger partial charge in [0.05, 0.1) is 5.92 Å². The smallest absolute Gasteiger partial charge is 0.228 e. The zero-order valence-electron chi connectivity index (χ0n) is 14.3. The zero-order chi connectivity index (χ0) is 17.3. The Balaban J connectivity index is 1.66. The summed E-state index contributed by atoms with van der Waals surface area (Å²) in [5, 5.41) is 0.644. The van der Waals surface area contributed by atoms with Gasteiger partial charge in [0.1, 0.15) is 0 Å². The zero-order valence-corrected chi connectivity index (χ0v) is 15.1. The molecule has 130 valence electrons. The van der Waals surface area contributed by atoms with Gasteiger partial charge in [0.15, 0.2) is 0 Å². The van der Waals surface area contributed by atoms with Gasteiger partial charge < -0.3 is 14.7 Å². The van der Waals surface area contributed by atoms with Gasteiger partial charge in [-0.15, -0.1) is 0 Å². The van der Waals surface area contributed by atoms with E-state index in [0.717, 1.165) is 44.0 Å². The Morgan fingerprint density at radius 3 is 2.58 bits per heavy atom. The van der Waals surface area contributed by atoms with Crippen LogP contribution in [0.15, 0.2) is 18.2 Å². The molecule has 6 heteroatoms. The van der Waals surface area contributed by atoms with E-state index in [9.17, 15) is 9.59 Å². The molecule has 0 aromatic heterocycles. The van der Waals surface area contributed by atoms with Crippen LogP contribution in [-0.2, 0) is 9.59 Å². The quantitative estimate of drug-likeness (QED) is 0.840. The summed E-state index contributed by atoms with van der Waals surface area (Å²) in [4.78, 5) is 31.1. The van der Waals surface area contributed by atoms with Gasteiger partial charge in [0, 0.05) is 49.9 Å². The van der Waals surface area contributed by atoms with Gasteiger partial charge in [-0.25, -0.2) is 0 Å². The van der Waals surface area contributed by atoms with Crippen LogP contribution >= 0.6 is 11.6 Å². The minimum atomic E-state index is -0.245. The molecule has 0 N–H and O–H groups in total. The van der Waals surface area contributed by atoms with Crippen molar-refractivity contribution in [2.24, 2.45) is 5.92 Å². The third kappa shape index (κ3) is 3.42. The minimum Gasteiger partial charge on any atom is -0.340 e. The number of hydrogen-bond donors (Lipinski definition) is 0. The Bertz CT molecular complexity index is 641. The van der Waals surface area contributed by atoms with Crippen LogP contribution < -0.4 is 4.90 Å². The first-order chi connectivity index (χ1) is 11.5. The molecule has 2 fully saturated rings. The van der Waals surface area contributed by atoms with Crippen LogP contribution in [-0.4, -0.2) is 60.9 Å². The Morgan fingerprint density at radius 2 is 1.96 bits per heavy atom. The van der Waals surface area contributed by atoms with Crippen LogP contribution in [0.5, 0.6) is 0 Å². The van der Waals surface area contributed by atoms with Gasteiger partial charge in [0.25, 0.3) is 0 Å². The van der Waals surface area contributed by atoms with Crippen molar-refractivity contribution >= 4 is 29.1 Å². The molecular weight excluding hydrogens is 326 g/mol. The third-order valence-corrected chi connectivity index (χ3v) is 5.48. The van der Waals surface area contributed by atoms with Gasteiger partial charge in [-0.3, -0.25) is 9.59 Å². The van der Waals surface area contributed by atoms with Crippen LogP contribution in [0, 0.1) is 12.8 Å². The fraction of sp³-hybridized carbons (Fsp3) is 0.556. The topological polar surface area (TPSA) is 43.9 Å². The molecule has 1 aromatic rings. The van der Waals surface area contributed by atoms with Crippen molar-refractivity contribution in [3.63, 3.8) is 0 Å². The largest absolute Gasteiger partial charge is 0.340 e. The van der Waals surface area contributed by atoms with Gasteiger partial charge in [0.2, 0.25) is 11.8 Å². The first kappa shape index (κ1) is 17.2. The molecule has 1 atom stereocenters. The Labute approximate surface area is 148 Å². The number of benzene rings is 1. The highest BCUT2D eigenvalue weighted by Gasteiger charge is 2.37. The van der Waals surface area contributed by atoms with Crippen molar-refractivity contribution in [1.29, 1.82) is 0 Å². The van der Waals surface area contributed by atoms with Gasteiger partial charge in [-0.2, -0.15) is 0 Å². The normalized spacial score (nSPS) is 22.3. The van der Waals surface area contributed by atoms with Gasteiger partial charge in [-0.05, 0) is 31.2 Å². The van der Waals surface area contributed by atoms with E-state index in [-0.39, 0.29) is 17.7 Å². The number of nitrogens with zero attached hydrogens (tertiary/aromatic N) is 3. The molecule has 2 heterocycles. The molecule has 5 nitrogen and oxygen atoms in total. The highest BCUT2D eigenvalue weighted by molar-refractivity contribution is 6.31. The summed E-state index contributed by atoms with van der Waals surface area (Å²) >= 11 is 6.17. The maximum absolute atomic E-state index is 12.7. The molecule has 2 amide bonds. The van der Waals surface area contributed by atoms with E-state index in [0.29, 0.717) is 18.0 Å². The lowest BCUT2D eigenvalue weighted by Gasteiger charge is -2.35. The van der Waals surface area contributed by atoms with Crippen molar-refractivity contribution in [3.05, 3.63) is 28.8 Å². The highest BCUT2D eigenvalue weighted by Crippen LogP contribution is 2.29. The van der Waals surface area contributed by atoms with Crippen LogP contribution in [0.25, 0.3) is 0 Å². The Morgan fingerprint density at radius 1 is 1.25 bits per heavy atom. The molecule has 0 unspecified atom stereocenters. The minimum absolute atomic E-state index is 0.000430. The summed E-state index contributed by atoms with van der Waals surface area (Å²) in [6.45, 7) is 8.89. The van der Waals surface area contributed by atoms with Crippen molar-refractivity contribution in [2.75, 3.05) is 44.2 Å². The Hall–Kier alpha value is -1.59. The third-order valence-electron chi connectivity index (χ3n) is 5.07. The Kier molecular flexibility index (Phi) is 5.11. The van der Waals surface area contributed by atoms with Crippen LogP contribution in [0.3, 0.4) is 0 Å². The number of aryl methyl sites for hydroxylation is 1. The lowest BCUT2D eigenvalue weighted by atomic mass is 10.1. The first-order valence-corrected chi connectivity index (χ1v) is 8.95. The molecule has 0 aliphatic carbocycles. The SMILES string of the molecule is CCN1CCN(C(=O)[C@H]2CC(=O)N(c3ccc(C)c(Cl)c3)C2)CC1. The lowest BCUT2D eigenvalue weighted by Crippen LogP contribution is -2.50. The first-order valence-electron chi connectivity index (χ1n) is 8.57. The average Bonchev–Trinajstić information content (AvgIpc) is 2.98. The average molecular weight is 350 g/mol. The summed E-state index contributed by atoms with van der Waals surface area (Å²) in [6, 6.07) is 5.61. The summed E-state index contributed by atoms with van der Waals surface area (Å²) in [5.41, 5.74) is 1.76. The number of likely N-dealkylation sites (N-methyl/N-ethyl adjacent to an activating group) is 1. The van der Waals surface area contributed by atoms with E-state index in [1.54, 1.807) is 4.90 Å². The summed E-state index contributed by atoms with van der Waals surface area (Å²) in [6.07, 6.45) is 0.290. The van der Waals surface area contributed by atoms with E-state index in [1.807, 2.05) is 30.0 Å². The second kappa shape index (κ2) is 7.11. The fourth-order valence-corrected chi connectivity index (χ4v) is 3.59. The molecule has 24 heavy (non-hydrogen) atoms. The maximum atomic E-state index is 12.7. The second-order valence-corrected chi connectivity index (χ2v) is 7.01. The molecule has 2 saturated heterocycles. The summed E-state index contributed by atoms with van der Waals surface area (Å²) in [5.74, 6) is -0.133. The van der Waals surface area contributed by atoms with Crippen LogP contribution in [0.1, 0.15) is 18.9 Å².